The lowest BCUT2D eigenvalue weighted by molar-refractivity contribution is 0.466. The van der Waals surface area contributed by atoms with Crippen molar-refractivity contribution in [3.05, 3.63) is 70.7 Å². The van der Waals surface area contributed by atoms with Gasteiger partial charge >= 0.3 is 0 Å². The van der Waals surface area contributed by atoms with E-state index in [1.54, 1.807) is 0 Å². The highest BCUT2D eigenvalue weighted by molar-refractivity contribution is 9.10. The van der Waals surface area contributed by atoms with E-state index >= 15 is 0 Å². The average molecular weight is 373 g/mol. The van der Waals surface area contributed by atoms with Crippen LogP contribution >= 0.6 is 27.7 Å². The first kappa shape index (κ1) is 15.1. The van der Waals surface area contributed by atoms with Gasteiger partial charge in [-0.25, -0.2) is 0 Å². The van der Waals surface area contributed by atoms with E-state index < -0.39 is 0 Å². The van der Waals surface area contributed by atoms with Crippen LogP contribution in [-0.2, 0) is 0 Å². The summed E-state index contributed by atoms with van der Waals surface area (Å²) >= 11 is 4.96. The van der Waals surface area contributed by atoms with Crippen LogP contribution in [0, 0.1) is 0 Å². The molecule has 0 unspecified atom stereocenters. The first-order valence-corrected chi connectivity index (χ1v) is 8.53. The summed E-state index contributed by atoms with van der Waals surface area (Å²) in [5.41, 5.74) is 2.09. The summed E-state index contributed by atoms with van der Waals surface area (Å²) in [5, 5.41) is 8.72. The smallest absolute Gasteiger partial charge is 0.277 e. The van der Waals surface area contributed by atoms with Crippen LogP contribution in [0.5, 0.6) is 0 Å². The van der Waals surface area contributed by atoms with Gasteiger partial charge in [0.2, 0.25) is 5.89 Å². The molecule has 0 saturated carbocycles. The average Bonchev–Trinajstić information content (AvgIpc) is 3.02. The predicted molar refractivity (Wildman–Crippen MR) is 93.6 cm³/mol. The summed E-state index contributed by atoms with van der Waals surface area (Å²) < 4.78 is 6.65. The molecule has 0 aliphatic rings. The number of benzene rings is 2. The van der Waals surface area contributed by atoms with Crippen LogP contribution in [0.3, 0.4) is 0 Å². The van der Waals surface area contributed by atoms with Crippen molar-refractivity contribution in [1.82, 2.24) is 10.2 Å². The molecule has 110 valence electrons. The molecule has 1 aromatic heterocycles. The van der Waals surface area contributed by atoms with Gasteiger partial charge in [-0.15, -0.1) is 10.2 Å². The summed E-state index contributed by atoms with van der Waals surface area (Å²) in [6.45, 7) is 0. The third kappa shape index (κ3) is 4.08. The maximum atomic E-state index is 5.66. The molecule has 0 bridgehead atoms. The summed E-state index contributed by atoms with van der Waals surface area (Å²) in [5.74, 6) is 1.32. The van der Waals surface area contributed by atoms with Crippen LogP contribution < -0.4 is 0 Å². The SMILES string of the molecule is Brc1cccc(-c2nnc(SC/C=C/c3ccccc3)o2)c1. The molecule has 22 heavy (non-hydrogen) atoms. The summed E-state index contributed by atoms with van der Waals surface area (Å²) in [4.78, 5) is 0. The Bertz CT molecular complexity index is 771. The van der Waals surface area contributed by atoms with Gasteiger partial charge in [-0.1, -0.05) is 76.2 Å². The van der Waals surface area contributed by atoms with Crippen LogP contribution in [0.2, 0.25) is 0 Å². The van der Waals surface area contributed by atoms with E-state index in [1.807, 2.05) is 42.5 Å². The molecule has 5 heteroatoms. The second-order valence-electron chi connectivity index (χ2n) is 4.51. The van der Waals surface area contributed by atoms with Gasteiger partial charge in [-0.3, -0.25) is 0 Å². The standard InChI is InChI=1S/C17H13BrN2OS/c18-15-10-4-9-14(12-15)16-19-20-17(21-16)22-11-5-8-13-6-2-1-3-7-13/h1-10,12H,11H2/b8-5+. The number of hydrogen-bond donors (Lipinski definition) is 0. The Labute approximate surface area is 141 Å². The van der Waals surface area contributed by atoms with Crippen molar-refractivity contribution in [3.8, 4) is 11.5 Å². The van der Waals surface area contributed by atoms with E-state index in [-0.39, 0.29) is 0 Å². The zero-order chi connectivity index (χ0) is 15.2. The first-order valence-electron chi connectivity index (χ1n) is 6.75. The number of thioether (sulfide) groups is 1. The molecule has 0 fully saturated rings. The molecule has 0 N–H and O–H groups in total. The Hall–Kier alpha value is -1.85. The third-order valence-corrected chi connectivity index (χ3v) is 4.16. The second kappa shape index (κ2) is 7.42. The van der Waals surface area contributed by atoms with Crippen molar-refractivity contribution in [3.63, 3.8) is 0 Å². The molecule has 0 radical (unpaired) electrons. The maximum Gasteiger partial charge on any atom is 0.277 e. The largest absolute Gasteiger partial charge is 0.411 e. The summed E-state index contributed by atoms with van der Waals surface area (Å²) in [6.07, 6.45) is 4.17. The second-order valence-corrected chi connectivity index (χ2v) is 6.39. The van der Waals surface area contributed by atoms with Gasteiger partial charge in [0.05, 0.1) is 0 Å². The minimum atomic E-state index is 0.538. The van der Waals surface area contributed by atoms with E-state index in [1.165, 1.54) is 17.3 Å². The van der Waals surface area contributed by atoms with Crippen LogP contribution in [0.15, 0.2) is 74.8 Å². The number of aromatic nitrogens is 2. The van der Waals surface area contributed by atoms with Crippen LogP contribution in [-0.4, -0.2) is 16.0 Å². The zero-order valence-electron chi connectivity index (χ0n) is 11.6. The predicted octanol–water partition coefficient (Wildman–Crippen LogP) is 5.30. The van der Waals surface area contributed by atoms with Gasteiger partial charge in [0.1, 0.15) is 0 Å². The molecule has 0 aliphatic heterocycles. The van der Waals surface area contributed by atoms with Gasteiger partial charge in [-0.2, -0.15) is 0 Å². The highest BCUT2D eigenvalue weighted by atomic mass is 79.9. The Morgan fingerprint density at radius 1 is 1.05 bits per heavy atom. The minimum Gasteiger partial charge on any atom is -0.411 e. The molecular weight excluding hydrogens is 360 g/mol. The van der Waals surface area contributed by atoms with Gasteiger partial charge < -0.3 is 4.42 Å². The van der Waals surface area contributed by atoms with Gasteiger partial charge in [0, 0.05) is 15.8 Å². The Morgan fingerprint density at radius 2 is 1.91 bits per heavy atom. The monoisotopic (exact) mass is 372 g/mol. The lowest BCUT2D eigenvalue weighted by Gasteiger charge is -1.95. The molecule has 0 saturated heterocycles. The Kier molecular flexibility index (Phi) is 5.08. The first-order chi connectivity index (χ1) is 10.8. The van der Waals surface area contributed by atoms with Crippen molar-refractivity contribution in [2.45, 2.75) is 5.22 Å². The van der Waals surface area contributed by atoms with Crippen molar-refractivity contribution < 1.29 is 4.42 Å². The quantitative estimate of drug-likeness (QED) is 0.569. The summed E-state index contributed by atoms with van der Waals surface area (Å²) in [7, 11) is 0. The van der Waals surface area contributed by atoms with Crippen LogP contribution in [0.1, 0.15) is 5.56 Å². The fourth-order valence-corrected chi connectivity index (χ4v) is 2.84. The van der Waals surface area contributed by atoms with Crippen molar-refractivity contribution in [1.29, 1.82) is 0 Å². The fourth-order valence-electron chi connectivity index (χ4n) is 1.87. The zero-order valence-corrected chi connectivity index (χ0v) is 14.0. The van der Waals surface area contributed by atoms with Crippen molar-refractivity contribution in [2.75, 3.05) is 5.75 Å². The fraction of sp³-hybridized carbons (Fsp3) is 0.0588. The molecule has 0 aliphatic carbocycles. The molecular formula is C17H13BrN2OS. The van der Waals surface area contributed by atoms with Gasteiger partial charge in [-0.05, 0) is 23.8 Å². The lowest BCUT2D eigenvalue weighted by Crippen LogP contribution is -1.77. The molecule has 3 aromatic rings. The normalized spacial score (nSPS) is 11.1. The van der Waals surface area contributed by atoms with Gasteiger partial charge in [0.15, 0.2) is 0 Å². The molecule has 2 aromatic carbocycles. The number of hydrogen-bond acceptors (Lipinski definition) is 4. The number of nitrogens with zero attached hydrogens (tertiary/aromatic N) is 2. The highest BCUT2D eigenvalue weighted by Crippen LogP contribution is 2.25. The van der Waals surface area contributed by atoms with E-state index in [2.05, 4.69) is 50.4 Å². The lowest BCUT2D eigenvalue weighted by atomic mass is 10.2. The maximum absolute atomic E-state index is 5.66. The Balaban J connectivity index is 1.59. The Morgan fingerprint density at radius 3 is 2.73 bits per heavy atom. The van der Waals surface area contributed by atoms with Crippen molar-refractivity contribution in [2.24, 2.45) is 0 Å². The van der Waals surface area contributed by atoms with E-state index in [0.717, 1.165) is 15.8 Å². The van der Waals surface area contributed by atoms with E-state index in [9.17, 15) is 0 Å². The molecule has 0 spiro atoms. The minimum absolute atomic E-state index is 0.538. The molecule has 0 amide bonds. The molecule has 0 atom stereocenters. The summed E-state index contributed by atoms with van der Waals surface area (Å²) in [6, 6.07) is 18.0. The number of rotatable bonds is 5. The van der Waals surface area contributed by atoms with Crippen LogP contribution in [0.4, 0.5) is 0 Å². The highest BCUT2D eigenvalue weighted by Gasteiger charge is 2.08. The van der Waals surface area contributed by atoms with Gasteiger partial charge in [0.25, 0.3) is 5.22 Å². The molecule has 3 rings (SSSR count). The van der Waals surface area contributed by atoms with E-state index in [0.29, 0.717) is 11.1 Å². The third-order valence-electron chi connectivity index (χ3n) is 2.89. The topological polar surface area (TPSA) is 38.9 Å². The van der Waals surface area contributed by atoms with Crippen molar-refractivity contribution >= 4 is 33.8 Å². The number of halogens is 1. The van der Waals surface area contributed by atoms with E-state index in [4.69, 9.17) is 4.42 Å². The van der Waals surface area contributed by atoms with Crippen LogP contribution in [0.25, 0.3) is 17.5 Å². The molecule has 3 nitrogen and oxygen atoms in total. The molecule has 1 heterocycles.